The molecule has 1 aromatic heterocycles. The molecule has 3 aromatic rings. The summed E-state index contributed by atoms with van der Waals surface area (Å²) in [5.41, 5.74) is 1.05. The fraction of sp³-hybridized carbons (Fsp3) is 0.333. The summed E-state index contributed by atoms with van der Waals surface area (Å²) in [4.78, 5) is 32.3. The summed E-state index contributed by atoms with van der Waals surface area (Å²) in [7, 11) is 0. The third-order valence-electron chi connectivity index (χ3n) is 5.64. The Hall–Kier alpha value is -2.83. The van der Waals surface area contributed by atoms with Crippen LogP contribution in [0, 0.1) is 6.92 Å². The molecule has 0 N–H and O–H groups in total. The van der Waals surface area contributed by atoms with Gasteiger partial charge < -0.3 is 14.5 Å². The van der Waals surface area contributed by atoms with E-state index in [0.29, 0.717) is 23.9 Å². The molecule has 1 atom stereocenters. The standard InChI is InChI=1S/C27H31ClN2O3S/c1-4-20(2)30(27(32)19-33-24-13-11-23(28)12-14-24)18-26(31)29(16-22-8-6-5-7-9-22)17-25-15-10-21(3)34-25/h5-15,20H,4,16-19H2,1-3H3. The van der Waals surface area contributed by atoms with E-state index >= 15 is 0 Å². The monoisotopic (exact) mass is 498 g/mol. The Balaban J connectivity index is 1.72. The SMILES string of the molecule is CCC(C)N(CC(=O)N(Cc1ccccc1)Cc1ccc(C)s1)C(=O)COc1ccc(Cl)cc1. The van der Waals surface area contributed by atoms with Gasteiger partial charge >= 0.3 is 0 Å². The molecule has 1 heterocycles. The number of carbonyl (C=O) groups excluding carboxylic acids is 2. The normalized spacial score (nSPS) is 11.6. The van der Waals surface area contributed by atoms with Crippen molar-refractivity contribution in [3.63, 3.8) is 0 Å². The molecule has 0 aliphatic carbocycles. The van der Waals surface area contributed by atoms with E-state index in [4.69, 9.17) is 16.3 Å². The van der Waals surface area contributed by atoms with Crippen LogP contribution in [0.2, 0.25) is 5.02 Å². The van der Waals surface area contributed by atoms with Crippen LogP contribution in [-0.4, -0.2) is 40.8 Å². The first-order valence-corrected chi connectivity index (χ1v) is 12.6. The molecule has 0 fully saturated rings. The summed E-state index contributed by atoms with van der Waals surface area (Å²) >= 11 is 7.60. The maximum atomic E-state index is 13.5. The highest BCUT2D eigenvalue weighted by molar-refractivity contribution is 7.11. The minimum absolute atomic E-state index is 0.00894. The van der Waals surface area contributed by atoms with Crippen molar-refractivity contribution in [1.29, 1.82) is 0 Å². The van der Waals surface area contributed by atoms with Gasteiger partial charge in [-0.05, 0) is 62.2 Å². The van der Waals surface area contributed by atoms with Crippen molar-refractivity contribution in [3.8, 4) is 5.75 Å². The Kier molecular flexibility index (Phi) is 9.54. The second kappa shape index (κ2) is 12.6. The van der Waals surface area contributed by atoms with Gasteiger partial charge in [0.05, 0.1) is 6.54 Å². The summed E-state index contributed by atoms with van der Waals surface area (Å²) in [6, 6.07) is 20.8. The summed E-state index contributed by atoms with van der Waals surface area (Å²) in [6.45, 7) is 6.89. The molecule has 0 spiro atoms. The van der Waals surface area contributed by atoms with Crippen molar-refractivity contribution in [1.82, 2.24) is 9.80 Å². The van der Waals surface area contributed by atoms with Crippen LogP contribution in [0.3, 0.4) is 0 Å². The fourth-order valence-corrected chi connectivity index (χ4v) is 4.54. The maximum Gasteiger partial charge on any atom is 0.261 e. The molecular formula is C27H31ClN2O3S. The summed E-state index contributed by atoms with van der Waals surface area (Å²) in [6.07, 6.45) is 0.739. The van der Waals surface area contributed by atoms with Gasteiger partial charge in [-0.2, -0.15) is 0 Å². The van der Waals surface area contributed by atoms with E-state index < -0.39 is 0 Å². The third kappa shape index (κ3) is 7.61. The van der Waals surface area contributed by atoms with Crippen LogP contribution in [0.1, 0.15) is 35.6 Å². The van der Waals surface area contributed by atoms with Crippen LogP contribution in [-0.2, 0) is 22.7 Å². The molecular weight excluding hydrogens is 468 g/mol. The molecule has 0 aliphatic rings. The van der Waals surface area contributed by atoms with Gasteiger partial charge in [-0.25, -0.2) is 0 Å². The third-order valence-corrected chi connectivity index (χ3v) is 6.87. The maximum absolute atomic E-state index is 13.5. The zero-order valence-corrected chi connectivity index (χ0v) is 21.4. The Labute approximate surface area is 210 Å². The number of aryl methyl sites for hydroxylation is 1. The number of halogens is 1. The first-order valence-electron chi connectivity index (χ1n) is 11.4. The predicted molar refractivity (Wildman–Crippen MR) is 138 cm³/mol. The van der Waals surface area contributed by atoms with Crippen molar-refractivity contribution in [2.24, 2.45) is 0 Å². The second-order valence-corrected chi connectivity index (χ2v) is 10.1. The van der Waals surface area contributed by atoms with Crippen molar-refractivity contribution >= 4 is 34.8 Å². The van der Waals surface area contributed by atoms with Gasteiger partial charge in [-0.3, -0.25) is 9.59 Å². The quantitative estimate of drug-likeness (QED) is 0.328. The number of hydrogen-bond acceptors (Lipinski definition) is 4. The molecule has 0 saturated heterocycles. The van der Waals surface area contributed by atoms with Gasteiger partial charge in [-0.1, -0.05) is 48.9 Å². The van der Waals surface area contributed by atoms with E-state index in [1.807, 2.05) is 49.1 Å². The summed E-state index contributed by atoms with van der Waals surface area (Å²) in [5, 5.41) is 0.602. The molecule has 1 unspecified atom stereocenters. The average Bonchev–Trinajstić information content (AvgIpc) is 3.26. The van der Waals surface area contributed by atoms with Gasteiger partial charge in [0.15, 0.2) is 6.61 Å². The minimum atomic E-state index is -0.218. The molecule has 0 aliphatic heterocycles. The first-order chi connectivity index (χ1) is 16.4. The molecule has 3 rings (SSSR count). The molecule has 2 amide bonds. The number of nitrogens with zero attached hydrogens (tertiary/aromatic N) is 2. The number of rotatable bonds is 11. The Bertz CT molecular complexity index is 1070. The fourth-order valence-electron chi connectivity index (χ4n) is 3.51. The number of carbonyl (C=O) groups is 2. The number of thiophene rings is 1. The van der Waals surface area contributed by atoms with Gasteiger partial charge in [0, 0.05) is 27.4 Å². The topological polar surface area (TPSA) is 49.9 Å². The highest BCUT2D eigenvalue weighted by Crippen LogP contribution is 2.20. The highest BCUT2D eigenvalue weighted by atomic mass is 35.5. The molecule has 0 saturated carbocycles. The van der Waals surface area contributed by atoms with Gasteiger partial charge in [-0.15, -0.1) is 11.3 Å². The first kappa shape index (κ1) is 25.8. The van der Waals surface area contributed by atoms with Crippen molar-refractivity contribution < 1.29 is 14.3 Å². The number of hydrogen-bond donors (Lipinski definition) is 0. The molecule has 2 aromatic carbocycles. The van der Waals surface area contributed by atoms with E-state index in [0.717, 1.165) is 16.9 Å². The van der Waals surface area contributed by atoms with Crippen molar-refractivity contribution in [2.45, 2.75) is 46.3 Å². The molecule has 0 radical (unpaired) electrons. The number of ether oxygens (including phenoxy) is 1. The smallest absolute Gasteiger partial charge is 0.261 e. The Morgan fingerprint density at radius 2 is 1.68 bits per heavy atom. The largest absolute Gasteiger partial charge is 0.484 e. The van der Waals surface area contributed by atoms with E-state index in [-0.39, 0.29) is 31.0 Å². The van der Waals surface area contributed by atoms with Crippen molar-refractivity contribution in [3.05, 3.63) is 87.1 Å². The van der Waals surface area contributed by atoms with Gasteiger partial charge in [0.2, 0.25) is 5.91 Å². The molecule has 180 valence electrons. The second-order valence-electron chi connectivity index (χ2n) is 8.27. The van der Waals surface area contributed by atoms with E-state index in [9.17, 15) is 9.59 Å². The van der Waals surface area contributed by atoms with E-state index in [1.54, 1.807) is 40.5 Å². The van der Waals surface area contributed by atoms with Crippen LogP contribution in [0.15, 0.2) is 66.7 Å². The summed E-state index contributed by atoms with van der Waals surface area (Å²) < 4.78 is 5.66. The van der Waals surface area contributed by atoms with E-state index in [2.05, 4.69) is 19.1 Å². The Morgan fingerprint density at radius 1 is 0.971 bits per heavy atom. The van der Waals surface area contributed by atoms with Gasteiger partial charge in [0.25, 0.3) is 5.91 Å². The molecule has 0 bridgehead atoms. The molecule has 7 heteroatoms. The number of amides is 2. The zero-order valence-electron chi connectivity index (χ0n) is 19.9. The summed E-state index contributed by atoms with van der Waals surface area (Å²) in [5.74, 6) is 0.256. The lowest BCUT2D eigenvalue weighted by atomic mass is 10.2. The molecule has 34 heavy (non-hydrogen) atoms. The lowest BCUT2D eigenvalue weighted by Gasteiger charge is -2.31. The lowest BCUT2D eigenvalue weighted by molar-refractivity contribution is -0.144. The highest BCUT2D eigenvalue weighted by Gasteiger charge is 2.25. The van der Waals surface area contributed by atoms with Crippen LogP contribution < -0.4 is 4.74 Å². The average molecular weight is 499 g/mol. The Morgan fingerprint density at radius 3 is 2.29 bits per heavy atom. The lowest BCUT2D eigenvalue weighted by Crippen LogP contribution is -2.47. The van der Waals surface area contributed by atoms with Crippen LogP contribution in [0.5, 0.6) is 5.75 Å². The van der Waals surface area contributed by atoms with Crippen LogP contribution in [0.25, 0.3) is 0 Å². The van der Waals surface area contributed by atoms with Gasteiger partial charge in [0.1, 0.15) is 12.3 Å². The minimum Gasteiger partial charge on any atom is -0.484 e. The predicted octanol–water partition coefficient (Wildman–Crippen LogP) is 5.94. The van der Waals surface area contributed by atoms with Crippen LogP contribution in [0.4, 0.5) is 0 Å². The zero-order chi connectivity index (χ0) is 24.5. The molecule has 5 nitrogen and oxygen atoms in total. The number of benzene rings is 2. The van der Waals surface area contributed by atoms with E-state index in [1.165, 1.54) is 4.88 Å². The van der Waals surface area contributed by atoms with Crippen molar-refractivity contribution in [2.75, 3.05) is 13.2 Å². The van der Waals surface area contributed by atoms with Crippen LogP contribution >= 0.6 is 22.9 Å².